The molecule has 1 unspecified atom stereocenters. The number of hydrogen-bond acceptors (Lipinski definition) is 5. The molecule has 68 valence electrons. The third kappa shape index (κ3) is 5.02. The van der Waals surface area contributed by atoms with Crippen molar-refractivity contribution in [3.05, 3.63) is 0 Å². The second-order valence-corrected chi connectivity index (χ2v) is 4.23. The first-order valence-corrected chi connectivity index (χ1v) is 5.00. The Kier molecular flexibility index (Phi) is 4.43. The van der Waals surface area contributed by atoms with E-state index in [0.29, 0.717) is 6.54 Å². The van der Waals surface area contributed by atoms with Gasteiger partial charge in [0.15, 0.2) is 0 Å². The second-order valence-electron chi connectivity index (χ2n) is 2.11. The van der Waals surface area contributed by atoms with E-state index in [-0.39, 0.29) is 0 Å². The third-order valence-electron chi connectivity index (χ3n) is 1.03. The first kappa shape index (κ1) is 10.7. The molecule has 0 saturated carbocycles. The predicted molar refractivity (Wildman–Crippen MR) is 48.5 cm³/mol. The van der Waals surface area contributed by atoms with Crippen LogP contribution in [-0.4, -0.2) is 30.2 Å². The maximum Gasteiger partial charge on any atom is 0.0624 e. The molecule has 1 atom stereocenters. The summed E-state index contributed by atoms with van der Waals surface area (Å²) in [6, 6.07) is 0. The van der Waals surface area contributed by atoms with Crippen LogP contribution in [0.5, 0.6) is 0 Å². The lowest BCUT2D eigenvalue weighted by atomic mass is 10.4. The highest BCUT2D eigenvalue weighted by Crippen LogP contribution is 2.33. The highest BCUT2D eigenvalue weighted by atomic mass is 32.3. The van der Waals surface area contributed by atoms with E-state index in [4.69, 9.17) is 9.92 Å². The normalized spacial score (nSPS) is 20.6. The maximum absolute atomic E-state index is 9.27. The first-order chi connectivity index (χ1) is 5.02. The largest absolute Gasteiger partial charge is 0.325 e. The van der Waals surface area contributed by atoms with Gasteiger partial charge in [-0.25, -0.2) is 4.83 Å². The minimum absolute atomic E-state index is 0.367. The summed E-state index contributed by atoms with van der Waals surface area (Å²) >= 11 is 0. The lowest BCUT2D eigenvalue weighted by molar-refractivity contribution is 0.391. The van der Waals surface area contributed by atoms with Crippen LogP contribution in [0.15, 0.2) is 5.10 Å². The Bertz CT molecular complexity index is 149. The van der Waals surface area contributed by atoms with Crippen LogP contribution in [0.1, 0.15) is 6.92 Å². The molecule has 0 aromatic rings. The van der Waals surface area contributed by atoms with Crippen LogP contribution in [-0.2, 0) is 4.18 Å². The van der Waals surface area contributed by atoms with Crippen LogP contribution in [0.4, 0.5) is 0 Å². The number of nitrogens with zero attached hydrogens (tertiary/aromatic N) is 1. The summed E-state index contributed by atoms with van der Waals surface area (Å²) in [5.74, 6) is 0. The molecule has 0 amide bonds. The van der Waals surface area contributed by atoms with Gasteiger partial charge in [-0.15, -0.1) is 10.8 Å². The van der Waals surface area contributed by atoms with E-state index < -0.39 is 10.8 Å². The van der Waals surface area contributed by atoms with Gasteiger partial charge < -0.3 is 5.73 Å². The van der Waals surface area contributed by atoms with Gasteiger partial charge in [0, 0.05) is 12.8 Å². The molecule has 0 heterocycles. The van der Waals surface area contributed by atoms with Crippen LogP contribution in [0.25, 0.3) is 0 Å². The Balaban J connectivity index is 3.86. The Labute approximate surface area is 68.5 Å². The number of nitrogens with two attached hydrogens (primary N) is 1. The summed E-state index contributed by atoms with van der Waals surface area (Å²) in [6.07, 6.45) is 1.53. The smallest absolute Gasteiger partial charge is 0.0624 e. The zero-order valence-electron chi connectivity index (χ0n) is 7.00. The number of nitrogens with one attached hydrogen (secondary N) is 1. The lowest BCUT2D eigenvalue weighted by Crippen LogP contribution is -2.19. The summed E-state index contributed by atoms with van der Waals surface area (Å²) in [6.45, 7) is 2.13. The van der Waals surface area contributed by atoms with E-state index >= 15 is 0 Å². The summed E-state index contributed by atoms with van der Waals surface area (Å²) < 4.78 is 14.0. The van der Waals surface area contributed by atoms with Crippen LogP contribution >= 0.6 is 10.8 Å². The first-order valence-electron chi connectivity index (χ1n) is 3.08. The van der Waals surface area contributed by atoms with Crippen molar-refractivity contribution in [3.63, 3.8) is 0 Å². The van der Waals surface area contributed by atoms with Gasteiger partial charge >= 0.3 is 0 Å². The van der Waals surface area contributed by atoms with E-state index in [1.807, 2.05) is 0 Å². The van der Waals surface area contributed by atoms with Gasteiger partial charge in [0.2, 0.25) is 0 Å². The fraction of sp³-hybridized carbons (Fsp3) is 0.800. The van der Waals surface area contributed by atoms with Crippen molar-refractivity contribution < 1.29 is 8.74 Å². The molecular weight excluding hydrogens is 166 g/mol. The maximum atomic E-state index is 9.27. The minimum atomic E-state index is -2.22. The van der Waals surface area contributed by atoms with Crippen LogP contribution in [0, 0.1) is 0 Å². The van der Waals surface area contributed by atoms with Crippen molar-refractivity contribution >= 4 is 16.5 Å². The molecule has 6 heteroatoms. The van der Waals surface area contributed by atoms with Crippen molar-refractivity contribution in [2.24, 2.45) is 10.8 Å². The molecule has 0 aromatic carbocycles. The Morgan fingerprint density at radius 2 is 2.36 bits per heavy atom. The van der Waals surface area contributed by atoms with Crippen LogP contribution in [0.2, 0.25) is 0 Å². The Hall–Kier alpha value is -0.300. The monoisotopic (exact) mass is 181 g/mol. The van der Waals surface area contributed by atoms with Crippen molar-refractivity contribution in [1.29, 1.82) is 0 Å². The molecule has 0 saturated heterocycles. The minimum Gasteiger partial charge on any atom is -0.325 e. The average molecular weight is 181 g/mol. The quantitative estimate of drug-likeness (QED) is 0.430. The van der Waals surface area contributed by atoms with Crippen molar-refractivity contribution in [3.8, 4) is 0 Å². The average Bonchev–Trinajstić information content (AvgIpc) is 2.00. The number of hydrazone groups is 1. The van der Waals surface area contributed by atoms with Crippen molar-refractivity contribution in [2.75, 3.05) is 19.9 Å². The molecule has 0 aromatic heterocycles. The van der Waals surface area contributed by atoms with E-state index in [1.165, 1.54) is 13.4 Å². The SMILES string of the molecule is COS(C)(O)N/N=C(\C)CN. The molecule has 0 bridgehead atoms. The van der Waals surface area contributed by atoms with Crippen molar-refractivity contribution in [1.82, 2.24) is 4.83 Å². The number of hydrogen-bond donors (Lipinski definition) is 3. The fourth-order valence-corrected chi connectivity index (χ4v) is 0.645. The van der Waals surface area contributed by atoms with E-state index in [2.05, 4.69) is 9.93 Å². The Morgan fingerprint density at radius 3 is 2.73 bits per heavy atom. The highest BCUT2D eigenvalue weighted by Gasteiger charge is 2.03. The van der Waals surface area contributed by atoms with E-state index in [1.54, 1.807) is 6.92 Å². The van der Waals surface area contributed by atoms with E-state index in [0.717, 1.165) is 5.71 Å². The Morgan fingerprint density at radius 1 is 1.82 bits per heavy atom. The second kappa shape index (κ2) is 4.55. The summed E-state index contributed by atoms with van der Waals surface area (Å²) in [7, 11) is -0.805. The number of rotatable bonds is 4. The van der Waals surface area contributed by atoms with Gasteiger partial charge in [-0.1, -0.05) is 0 Å². The summed E-state index contributed by atoms with van der Waals surface area (Å²) in [4.78, 5) is 2.48. The fourth-order valence-electron chi connectivity index (χ4n) is 0.246. The topological polar surface area (TPSA) is 79.9 Å². The third-order valence-corrected chi connectivity index (χ3v) is 2.10. The van der Waals surface area contributed by atoms with E-state index in [9.17, 15) is 4.55 Å². The lowest BCUT2D eigenvalue weighted by Gasteiger charge is -2.30. The molecular formula is C5H15N3O2S. The molecule has 5 nitrogen and oxygen atoms in total. The molecule has 0 spiro atoms. The summed E-state index contributed by atoms with van der Waals surface area (Å²) in [5.41, 5.74) is 5.98. The van der Waals surface area contributed by atoms with Gasteiger partial charge in [-0.3, -0.25) is 8.74 Å². The highest BCUT2D eigenvalue weighted by molar-refractivity contribution is 8.22. The van der Waals surface area contributed by atoms with Crippen LogP contribution in [0.3, 0.4) is 0 Å². The molecule has 0 aliphatic carbocycles. The van der Waals surface area contributed by atoms with Gasteiger partial charge in [-0.2, -0.15) is 5.10 Å². The molecule has 0 radical (unpaired) electrons. The van der Waals surface area contributed by atoms with Crippen LogP contribution < -0.4 is 10.6 Å². The zero-order valence-corrected chi connectivity index (χ0v) is 7.81. The van der Waals surface area contributed by atoms with Gasteiger partial charge in [0.1, 0.15) is 0 Å². The van der Waals surface area contributed by atoms with Crippen molar-refractivity contribution in [2.45, 2.75) is 6.92 Å². The standard InChI is InChI=1S/C5H15N3O2S/c1-5(4-6)7-8-11(3,9)10-2/h8-9H,4,6H2,1-3H3/b7-5+. The van der Waals surface area contributed by atoms with Gasteiger partial charge in [0.25, 0.3) is 0 Å². The molecule has 0 rings (SSSR count). The zero-order chi connectivity index (χ0) is 8.91. The molecule has 4 N–H and O–H groups in total. The molecule has 0 aliphatic heterocycles. The van der Waals surface area contributed by atoms with Gasteiger partial charge in [-0.05, 0) is 6.92 Å². The van der Waals surface area contributed by atoms with Gasteiger partial charge in [0.05, 0.1) is 12.8 Å². The molecule has 0 aliphatic rings. The molecule has 0 fully saturated rings. The summed E-state index contributed by atoms with van der Waals surface area (Å²) in [5, 5.41) is 3.79. The predicted octanol–water partition coefficient (Wildman–Crippen LogP) is 0.294. The molecule has 11 heavy (non-hydrogen) atoms.